The normalized spacial score (nSPS) is 13.5. The van der Waals surface area contributed by atoms with E-state index in [1.807, 2.05) is 32.2 Å². The molecule has 1 aromatic rings. The van der Waals surface area contributed by atoms with Crippen LogP contribution in [0.15, 0.2) is 24.5 Å². The first-order valence-corrected chi connectivity index (χ1v) is 6.68. The number of hydrogen-bond donors (Lipinski definition) is 2. The van der Waals surface area contributed by atoms with Crippen LogP contribution >= 0.6 is 0 Å². The molecule has 0 bridgehead atoms. The Balaban J connectivity index is 2.54. The lowest BCUT2D eigenvalue weighted by molar-refractivity contribution is -0.143. The Morgan fingerprint density at radius 1 is 1.47 bits per heavy atom. The molecule has 0 spiro atoms. The Hall–Kier alpha value is -1.42. The van der Waals surface area contributed by atoms with Crippen molar-refractivity contribution < 1.29 is 9.90 Å². The molecule has 1 aromatic heterocycles. The minimum absolute atomic E-state index is 0.0612. The molecule has 4 heteroatoms. The highest BCUT2D eigenvalue weighted by Gasteiger charge is 2.24. The van der Waals surface area contributed by atoms with Crippen LogP contribution in [0.5, 0.6) is 0 Å². The van der Waals surface area contributed by atoms with E-state index in [9.17, 15) is 4.79 Å². The molecule has 0 radical (unpaired) electrons. The number of hydrogen-bond acceptors (Lipinski definition) is 3. The molecule has 19 heavy (non-hydrogen) atoms. The van der Waals surface area contributed by atoms with E-state index in [0.717, 1.165) is 12.1 Å². The summed E-state index contributed by atoms with van der Waals surface area (Å²) in [6.45, 7) is 9.36. The van der Waals surface area contributed by atoms with Gasteiger partial charge in [0.05, 0.1) is 5.92 Å². The first-order valence-electron chi connectivity index (χ1n) is 6.68. The van der Waals surface area contributed by atoms with Crippen molar-refractivity contribution in [3.8, 4) is 0 Å². The van der Waals surface area contributed by atoms with Crippen molar-refractivity contribution >= 4 is 5.97 Å². The van der Waals surface area contributed by atoms with E-state index in [2.05, 4.69) is 24.1 Å². The molecule has 0 aromatic carbocycles. The van der Waals surface area contributed by atoms with Crippen molar-refractivity contribution in [3.05, 3.63) is 30.1 Å². The van der Waals surface area contributed by atoms with Crippen molar-refractivity contribution in [1.82, 2.24) is 10.3 Å². The highest BCUT2D eigenvalue weighted by molar-refractivity contribution is 5.70. The van der Waals surface area contributed by atoms with Gasteiger partial charge >= 0.3 is 5.97 Å². The third kappa shape index (κ3) is 4.63. The number of carbonyl (C=O) groups is 1. The van der Waals surface area contributed by atoms with Gasteiger partial charge < -0.3 is 10.4 Å². The van der Waals surface area contributed by atoms with Gasteiger partial charge in [-0.3, -0.25) is 9.78 Å². The van der Waals surface area contributed by atoms with E-state index in [0.29, 0.717) is 6.54 Å². The molecule has 0 amide bonds. The maximum Gasteiger partial charge on any atom is 0.308 e. The average Bonchev–Trinajstić information content (AvgIpc) is 2.34. The van der Waals surface area contributed by atoms with Crippen LogP contribution in [0.25, 0.3) is 0 Å². The number of pyridine rings is 1. The summed E-state index contributed by atoms with van der Waals surface area (Å²) in [5.41, 5.74) is 1.09. The summed E-state index contributed by atoms with van der Waals surface area (Å²) in [7, 11) is 0. The van der Waals surface area contributed by atoms with Crippen molar-refractivity contribution in [3.63, 3.8) is 0 Å². The Kier molecular flexibility index (Phi) is 5.48. The molecule has 4 nitrogen and oxygen atoms in total. The number of aliphatic carboxylic acids is 1. The first kappa shape index (κ1) is 15.6. The quantitative estimate of drug-likeness (QED) is 0.793. The van der Waals surface area contributed by atoms with Gasteiger partial charge in [-0.2, -0.15) is 0 Å². The van der Waals surface area contributed by atoms with Gasteiger partial charge in [0.25, 0.3) is 0 Å². The molecular weight excluding hydrogens is 240 g/mol. The maximum absolute atomic E-state index is 11.1. The highest BCUT2D eigenvalue weighted by atomic mass is 16.4. The van der Waals surface area contributed by atoms with E-state index in [1.54, 1.807) is 6.20 Å². The second-order valence-corrected chi connectivity index (χ2v) is 5.95. The summed E-state index contributed by atoms with van der Waals surface area (Å²) in [6, 6.07) is 3.97. The molecule has 0 aliphatic carbocycles. The first-order chi connectivity index (χ1) is 8.84. The van der Waals surface area contributed by atoms with Crippen LogP contribution in [-0.2, 0) is 10.2 Å². The fourth-order valence-electron chi connectivity index (χ4n) is 2.01. The molecule has 0 aliphatic rings. The molecule has 0 fully saturated rings. The zero-order valence-electron chi connectivity index (χ0n) is 12.2. The molecule has 1 rings (SSSR count). The standard InChI is InChI=1S/C15H24N2O2/c1-11(2)13(14(18)19)9-17-10-15(3,4)12-6-5-7-16-8-12/h5-8,11,13,17H,9-10H2,1-4H3,(H,18,19). The lowest BCUT2D eigenvalue weighted by atomic mass is 9.85. The van der Waals surface area contributed by atoms with Crippen LogP contribution in [-0.4, -0.2) is 29.1 Å². The number of aromatic nitrogens is 1. The van der Waals surface area contributed by atoms with Gasteiger partial charge in [-0.15, -0.1) is 0 Å². The molecule has 0 saturated heterocycles. The van der Waals surface area contributed by atoms with E-state index in [-0.39, 0.29) is 17.3 Å². The van der Waals surface area contributed by atoms with Crippen molar-refractivity contribution in [2.45, 2.75) is 33.1 Å². The molecule has 1 unspecified atom stereocenters. The predicted octanol–water partition coefficient (Wildman–Crippen LogP) is 2.31. The highest BCUT2D eigenvalue weighted by Crippen LogP contribution is 2.21. The van der Waals surface area contributed by atoms with Gasteiger partial charge in [0, 0.05) is 30.9 Å². The topological polar surface area (TPSA) is 62.2 Å². The summed E-state index contributed by atoms with van der Waals surface area (Å²) < 4.78 is 0. The number of rotatable bonds is 7. The number of nitrogens with zero attached hydrogens (tertiary/aromatic N) is 1. The number of carboxylic acids is 1. The average molecular weight is 264 g/mol. The molecule has 0 aliphatic heterocycles. The SMILES string of the molecule is CC(C)C(CNCC(C)(C)c1cccnc1)C(=O)O. The summed E-state index contributed by atoms with van der Waals surface area (Å²) in [4.78, 5) is 15.2. The smallest absolute Gasteiger partial charge is 0.308 e. The van der Waals surface area contributed by atoms with E-state index in [4.69, 9.17) is 5.11 Å². The summed E-state index contributed by atoms with van der Waals surface area (Å²) in [5.74, 6) is -0.946. The predicted molar refractivity (Wildman–Crippen MR) is 76.1 cm³/mol. The van der Waals surface area contributed by atoms with Gasteiger partial charge in [0.2, 0.25) is 0 Å². The molecule has 106 valence electrons. The van der Waals surface area contributed by atoms with Gasteiger partial charge in [0.15, 0.2) is 0 Å². The number of nitrogens with one attached hydrogen (secondary N) is 1. The Morgan fingerprint density at radius 3 is 2.63 bits per heavy atom. The number of carboxylic acid groups (broad SMARTS) is 1. The minimum Gasteiger partial charge on any atom is -0.481 e. The molecule has 0 saturated carbocycles. The van der Waals surface area contributed by atoms with Gasteiger partial charge in [-0.25, -0.2) is 0 Å². The minimum atomic E-state index is -0.735. The molecule has 2 N–H and O–H groups in total. The fraction of sp³-hybridized carbons (Fsp3) is 0.600. The van der Waals surface area contributed by atoms with Crippen molar-refractivity contribution in [1.29, 1.82) is 0 Å². The molecule has 1 heterocycles. The van der Waals surface area contributed by atoms with Crippen molar-refractivity contribution in [2.75, 3.05) is 13.1 Å². The van der Waals surface area contributed by atoms with Crippen LogP contribution in [0, 0.1) is 11.8 Å². The molecule has 1 atom stereocenters. The monoisotopic (exact) mass is 264 g/mol. The maximum atomic E-state index is 11.1. The van der Waals surface area contributed by atoms with Crippen LogP contribution in [0.1, 0.15) is 33.3 Å². The third-order valence-corrected chi connectivity index (χ3v) is 3.50. The van der Waals surface area contributed by atoms with Gasteiger partial charge in [-0.05, 0) is 17.5 Å². The van der Waals surface area contributed by atoms with Gasteiger partial charge in [-0.1, -0.05) is 33.8 Å². The summed E-state index contributed by atoms with van der Waals surface area (Å²) in [6.07, 6.45) is 3.62. The van der Waals surface area contributed by atoms with Crippen LogP contribution in [0.3, 0.4) is 0 Å². The molecular formula is C15H24N2O2. The van der Waals surface area contributed by atoms with E-state index < -0.39 is 5.97 Å². The summed E-state index contributed by atoms with van der Waals surface area (Å²) in [5, 5.41) is 12.4. The zero-order chi connectivity index (χ0) is 14.5. The Morgan fingerprint density at radius 2 is 2.16 bits per heavy atom. The lowest BCUT2D eigenvalue weighted by Crippen LogP contribution is -2.39. The third-order valence-electron chi connectivity index (χ3n) is 3.50. The van der Waals surface area contributed by atoms with Gasteiger partial charge in [0.1, 0.15) is 0 Å². The van der Waals surface area contributed by atoms with Crippen LogP contribution in [0.4, 0.5) is 0 Å². The van der Waals surface area contributed by atoms with E-state index >= 15 is 0 Å². The largest absolute Gasteiger partial charge is 0.481 e. The fourth-order valence-corrected chi connectivity index (χ4v) is 2.01. The second-order valence-electron chi connectivity index (χ2n) is 5.95. The lowest BCUT2D eigenvalue weighted by Gasteiger charge is -2.27. The van der Waals surface area contributed by atoms with Crippen molar-refractivity contribution in [2.24, 2.45) is 11.8 Å². The van der Waals surface area contributed by atoms with Crippen LogP contribution in [0.2, 0.25) is 0 Å². The Bertz CT molecular complexity index is 402. The zero-order valence-corrected chi connectivity index (χ0v) is 12.2. The summed E-state index contributed by atoms with van der Waals surface area (Å²) >= 11 is 0. The van der Waals surface area contributed by atoms with Crippen LogP contribution < -0.4 is 5.32 Å². The second kappa shape index (κ2) is 6.66. The Labute approximate surface area is 115 Å². The van der Waals surface area contributed by atoms with E-state index in [1.165, 1.54) is 0 Å².